The summed E-state index contributed by atoms with van der Waals surface area (Å²) in [6.45, 7) is 6.18. The van der Waals surface area contributed by atoms with Crippen molar-refractivity contribution in [1.29, 1.82) is 0 Å². The van der Waals surface area contributed by atoms with Crippen LogP contribution in [-0.2, 0) is 0 Å². The van der Waals surface area contributed by atoms with E-state index in [0.29, 0.717) is 12.5 Å². The second-order valence-electron chi connectivity index (χ2n) is 2.54. The zero-order valence-corrected chi connectivity index (χ0v) is 6.84. The Hall–Kier alpha value is -1.45. The van der Waals surface area contributed by atoms with Crippen LogP contribution in [0.1, 0.15) is 6.92 Å². The largest absolute Gasteiger partial charge is 0.351 e. The summed E-state index contributed by atoms with van der Waals surface area (Å²) < 4.78 is 12.3. The van der Waals surface area contributed by atoms with Crippen molar-refractivity contribution in [3.8, 4) is 0 Å². The molecule has 1 heterocycles. The number of hydrogen-bond acceptors (Lipinski definition) is 3. The molecule has 0 aliphatic rings. The molecule has 4 heteroatoms. The molecule has 0 aliphatic carbocycles. The number of nitrogens with zero attached hydrogens (tertiary/aromatic N) is 2. The van der Waals surface area contributed by atoms with Gasteiger partial charge in [0.25, 0.3) is 0 Å². The molecule has 0 saturated heterocycles. The molecule has 1 rings (SSSR count). The lowest BCUT2D eigenvalue weighted by Crippen LogP contribution is -2.05. The third kappa shape index (κ3) is 2.65. The molecule has 1 aromatic rings. The third-order valence-corrected chi connectivity index (χ3v) is 1.17. The Balaban J connectivity index is 2.53. The van der Waals surface area contributed by atoms with Gasteiger partial charge in [-0.15, -0.1) is 0 Å². The van der Waals surface area contributed by atoms with Gasteiger partial charge in [0.15, 0.2) is 5.82 Å². The molecule has 0 unspecified atom stereocenters. The number of aromatic nitrogens is 2. The van der Waals surface area contributed by atoms with E-state index in [1.165, 1.54) is 0 Å². The van der Waals surface area contributed by atoms with Gasteiger partial charge in [-0.1, -0.05) is 12.2 Å². The lowest BCUT2D eigenvalue weighted by atomic mass is 10.3. The highest BCUT2D eigenvalue weighted by atomic mass is 19.1. The van der Waals surface area contributed by atoms with Crippen LogP contribution in [-0.4, -0.2) is 16.5 Å². The topological polar surface area (TPSA) is 37.8 Å². The smallest absolute Gasteiger partial charge is 0.223 e. The summed E-state index contributed by atoms with van der Waals surface area (Å²) in [4.78, 5) is 7.42. The van der Waals surface area contributed by atoms with Crippen molar-refractivity contribution in [2.24, 2.45) is 0 Å². The van der Waals surface area contributed by atoms with Crippen LogP contribution in [0.5, 0.6) is 0 Å². The standard InChI is InChI=1S/C8H10FN3/c1-6(2)3-10-8-11-4-7(9)5-12-8/h4-5H,1,3H2,2H3,(H,10,11,12). The molecule has 0 saturated carbocycles. The normalized spacial score (nSPS) is 9.50. The van der Waals surface area contributed by atoms with E-state index in [1.54, 1.807) is 0 Å². The van der Waals surface area contributed by atoms with Gasteiger partial charge in [-0.3, -0.25) is 0 Å². The predicted molar refractivity (Wildman–Crippen MR) is 45.3 cm³/mol. The summed E-state index contributed by atoms with van der Waals surface area (Å²) in [6.07, 6.45) is 2.24. The highest BCUT2D eigenvalue weighted by Gasteiger charge is 1.94. The Morgan fingerprint density at radius 1 is 1.58 bits per heavy atom. The molecule has 0 bridgehead atoms. The molecule has 0 aliphatic heterocycles. The first-order valence-corrected chi connectivity index (χ1v) is 3.54. The summed E-state index contributed by atoms with van der Waals surface area (Å²) in [5, 5.41) is 2.88. The van der Waals surface area contributed by atoms with Crippen molar-refractivity contribution in [3.63, 3.8) is 0 Å². The Kier molecular flexibility index (Phi) is 2.74. The fourth-order valence-corrected chi connectivity index (χ4v) is 0.634. The summed E-state index contributed by atoms with van der Waals surface area (Å²) in [6, 6.07) is 0. The lowest BCUT2D eigenvalue weighted by molar-refractivity contribution is 0.614. The quantitative estimate of drug-likeness (QED) is 0.695. The molecule has 0 spiro atoms. The second kappa shape index (κ2) is 3.80. The van der Waals surface area contributed by atoms with Gasteiger partial charge in [-0.2, -0.15) is 0 Å². The molecule has 0 aromatic carbocycles. The van der Waals surface area contributed by atoms with Gasteiger partial charge in [-0.25, -0.2) is 14.4 Å². The molecule has 3 nitrogen and oxygen atoms in total. The van der Waals surface area contributed by atoms with Gasteiger partial charge in [0.05, 0.1) is 12.4 Å². The van der Waals surface area contributed by atoms with E-state index in [2.05, 4.69) is 21.9 Å². The first kappa shape index (κ1) is 8.64. The number of rotatable bonds is 3. The molecular weight excluding hydrogens is 157 g/mol. The number of nitrogens with one attached hydrogen (secondary N) is 1. The minimum absolute atomic E-state index is 0.416. The second-order valence-corrected chi connectivity index (χ2v) is 2.54. The van der Waals surface area contributed by atoms with Crippen LogP contribution in [0.2, 0.25) is 0 Å². The van der Waals surface area contributed by atoms with E-state index >= 15 is 0 Å². The molecule has 0 radical (unpaired) electrons. The lowest BCUT2D eigenvalue weighted by Gasteiger charge is -2.02. The van der Waals surface area contributed by atoms with Crippen molar-refractivity contribution in [2.75, 3.05) is 11.9 Å². The van der Waals surface area contributed by atoms with Crippen LogP contribution in [0.15, 0.2) is 24.5 Å². The van der Waals surface area contributed by atoms with Crippen molar-refractivity contribution in [3.05, 3.63) is 30.4 Å². The fraction of sp³-hybridized carbons (Fsp3) is 0.250. The predicted octanol–water partition coefficient (Wildman–Crippen LogP) is 1.60. The summed E-state index contributed by atoms with van der Waals surface area (Å²) in [5.41, 5.74) is 0.975. The minimum atomic E-state index is -0.434. The Morgan fingerprint density at radius 3 is 2.67 bits per heavy atom. The number of halogens is 1. The van der Waals surface area contributed by atoms with Crippen LogP contribution in [0.3, 0.4) is 0 Å². The van der Waals surface area contributed by atoms with Crippen LogP contribution in [0, 0.1) is 5.82 Å². The van der Waals surface area contributed by atoms with E-state index in [-0.39, 0.29) is 0 Å². The molecule has 0 atom stereocenters. The van der Waals surface area contributed by atoms with Crippen molar-refractivity contribution in [1.82, 2.24) is 9.97 Å². The zero-order chi connectivity index (χ0) is 8.97. The van der Waals surface area contributed by atoms with Gasteiger partial charge in [0.2, 0.25) is 5.95 Å². The number of hydrogen-bond donors (Lipinski definition) is 1. The van der Waals surface area contributed by atoms with Gasteiger partial charge in [0.1, 0.15) is 0 Å². The first-order chi connectivity index (χ1) is 5.68. The van der Waals surface area contributed by atoms with Crippen LogP contribution in [0.4, 0.5) is 10.3 Å². The maximum atomic E-state index is 12.3. The molecule has 0 amide bonds. The maximum absolute atomic E-state index is 12.3. The monoisotopic (exact) mass is 167 g/mol. The number of anilines is 1. The van der Waals surface area contributed by atoms with Gasteiger partial charge in [-0.05, 0) is 6.92 Å². The van der Waals surface area contributed by atoms with Crippen LogP contribution < -0.4 is 5.32 Å². The van der Waals surface area contributed by atoms with Crippen molar-refractivity contribution < 1.29 is 4.39 Å². The average molecular weight is 167 g/mol. The molecule has 1 aromatic heterocycles. The van der Waals surface area contributed by atoms with Crippen LogP contribution >= 0.6 is 0 Å². The highest BCUT2D eigenvalue weighted by Crippen LogP contribution is 1.98. The SMILES string of the molecule is C=C(C)CNc1ncc(F)cn1. The Morgan fingerprint density at radius 2 is 2.17 bits per heavy atom. The molecule has 1 N–H and O–H groups in total. The molecular formula is C8H10FN3. The minimum Gasteiger partial charge on any atom is -0.351 e. The first-order valence-electron chi connectivity index (χ1n) is 3.54. The third-order valence-electron chi connectivity index (χ3n) is 1.17. The molecule has 0 fully saturated rings. The van der Waals surface area contributed by atoms with Crippen molar-refractivity contribution in [2.45, 2.75) is 6.92 Å². The summed E-state index contributed by atoms with van der Waals surface area (Å²) in [5.74, 6) is -0.0183. The average Bonchev–Trinajstić information content (AvgIpc) is 2.03. The summed E-state index contributed by atoms with van der Waals surface area (Å²) in [7, 11) is 0. The fourth-order valence-electron chi connectivity index (χ4n) is 0.634. The van der Waals surface area contributed by atoms with Gasteiger partial charge < -0.3 is 5.32 Å². The van der Waals surface area contributed by atoms with E-state index in [9.17, 15) is 4.39 Å². The van der Waals surface area contributed by atoms with E-state index in [0.717, 1.165) is 18.0 Å². The molecule has 12 heavy (non-hydrogen) atoms. The van der Waals surface area contributed by atoms with Gasteiger partial charge >= 0.3 is 0 Å². The highest BCUT2D eigenvalue weighted by molar-refractivity contribution is 5.24. The maximum Gasteiger partial charge on any atom is 0.223 e. The van der Waals surface area contributed by atoms with Crippen molar-refractivity contribution >= 4 is 5.95 Å². The van der Waals surface area contributed by atoms with Gasteiger partial charge in [0, 0.05) is 6.54 Å². The van der Waals surface area contributed by atoms with E-state index in [1.807, 2.05) is 6.92 Å². The Labute approximate surface area is 70.4 Å². The summed E-state index contributed by atoms with van der Waals surface area (Å²) >= 11 is 0. The molecule has 64 valence electrons. The van der Waals surface area contributed by atoms with E-state index < -0.39 is 5.82 Å². The zero-order valence-electron chi connectivity index (χ0n) is 6.84. The van der Waals surface area contributed by atoms with E-state index in [4.69, 9.17) is 0 Å². The Bertz CT molecular complexity index is 268. The van der Waals surface area contributed by atoms with Crippen LogP contribution in [0.25, 0.3) is 0 Å².